The Morgan fingerprint density at radius 3 is 2.59 bits per heavy atom. The molecule has 0 aliphatic carbocycles. The average molecular weight is 483 g/mol. The van der Waals surface area contributed by atoms with Gasteiger partial charge in [0.2, 0.25) is 0 Å². The van der Waals surface area contributed by atoms with Crippen molar-refractivity contribution >= 4 is 33.0 Å². The topological polar surface area (TPSA) is 93.7 Å². The van der Waals surface area contributed by atoms with Gasteiger partial charge in [-0.2, -0.15) is 8.78 Å². The quantitative estimate of drug-likeness (QED) is 0.453. The molecule has 7 nitrogen and oxygen atoms in total. The van der Waals surface area contributed by atoms with E-state index in [0.29, 0.717) is 12.0 Å². The highest BCUT2D eigenvalue weighted by atomic mass is 32.2. The van der Waals surface area contributed by atoms with Crippen LogP contribution in [0.1, 0.15) is 15.9 Å². The number of halogens is 2. The number of methoxy groups -OCH3 is 1. The van der Waals surface area contributed by atoms with E-state index in [1.54, 1.807) is 35.7 Å². The predicted octanol–water partition coefficient (Wildman–Crippen LogP) is 4.13. The van der Waals surface area contributed by atoms with Crippen LogP contribution in [0.25, 0.3) is 0 Å². The van der Waals surface area contributed by atoms with Crippen LogP contribution in [0.15, 0.2) is 64.2 Å². The van der Waals surface area contributed by atoms with Crippen LogP contribution >= 0.6 is 11.3 Å². The van der Waals surface area contributed by atoms with Crippen molar-refractivity contribution < 1.29 is 31.5 Å². The molecule has 170 valence electrons. The normalized spacial score (nSPS) is 11.2. The highest BCUT2D eigenvalue weighted by molar-refractivity contribution is 7.94. The second kappa shape index (κ2) is 10.4. The summed E-state index contributed by atoms with van der Waals surface area (Å²) >= 11 is 1.09. The van der Waals surface area contributed by atoms with Gasteiger partial charge in [0.1, 0.15) is 4.21 Å². The molecule has 32 heavy (non-hydrogen) atoms. The van der Waals surface area contributed by atoms with Crippen LogP contribution in [0.2, 0.25) is 0 Å². The zero-order valence-electron chi connectivity index (χ0n) is 16.9. The zero-order chi connectivity index (χ0) is 23.1. The Balaban J connectivity index is 1.60. The number of thiophene rings is 1. The van der Waals surface area contributed by atoms with Crippen molar-refractivity contribution in [1.29, 1.82) is 0 Å². The highest BCUT2D eigenvalue weighted by Gasteiger charge is 2.16. The number of hydrogen-bond donors (Lipinski definition) is 2. The van der Waals surface area contributed by atoms with Crippen molar-refractivity contribution in [2.75, 3.05) is 18.4 Å². The number of amides is 1. The molecule has 0 saturated heterocycles. The maximum atomic E-state index is 12.6. The van der Waals surface area contributed by atoms with Gasteiger partial charge in [-0.25, -0.2) is 8.42 Å². The van der Waals surface area contributed by atoms with E-state index < -0.39 is 22.5 Å². The maximum absolute atomic E-state index is 12.6. The van der Waals surface area contributed by atoms with Gasteiger partial charge < -0.3 is 14.8 Å². The number of ether oxygens (including phenoxy) is 2. The zero-order valence-corrected chi connectivity index (χ0v) is 18.5. The number of rotatable bonds is 10. The molecule has 0 fully saturated rings. The fourth-order valence-corrected chi connectivity index (χ4v) is 4.88. The van der Waals surface area contributed by atoms with E-state index >= 15 is 0 Å². The summed E-state index contributed by atoms with van der Waals surface area (Å²) < 4.78 is 61.9. The molecular formula is C21H20F2N2O5S2. The molecule has 1 heterocycles. The van der Waals surface area contributed by atoms with Gasteiger partial charge in [-0.05, 0) is 53.8 Å². The molecule has 2 aromatic carbocycles. The van der Waals surface area contributed by atoms with Gasteiger partial charge in [0, 0.05) is 17.8 Å². The van der Waals surface area contributed by atoms with E-state index in [-0.39, 0.29) is 33.5 Å². The standard InChI is InChI=1S/C21H20F2N2O5S2/c1-29-17-8-7-14(12-18(17)30-21(22)23)9-10-24-20(26)15-4-2-5-16(13-15)25-32(27,28)19-6-3-11-31-19/h2-8,11-13,21,25H,9-10H2,1H3,(H,24,26). The number of carbonyl (C=O) groups is 1. The SMILES string of the molecule is COc1ccc(CCNC(=O)c2cccc(NS(=O)(=O)c3cccs3)c2)cc1OC(F)F. The molecule has 2 N–H and O–H groups in total. The molecule has 1 aromatic heterocycles. The third-order valence-electron chi connectivity index (χ3n) is 4.28. The van der Waals surface area contributed by atoms with E-state index in [0.717, 1.165) is 11.3 Å². The minimum atomic E-state index is -3.72. The van der Waals surface area contributed by atoms with E-state index in [9.17, 15) is 22.0 Å². The van der Waals surface area contributed by atoms with Gasteiger partial charge in [0.25, 0.3) is 15.9 Å². The van der Waals surface area contributed by atoms with Crippen molar-refractivity contribution in [2.24, 2.45) is 0 Å². The fourth-order valence-electron chi connectivity index (χ4n) is 2.83. The van der Waals surface area contributed by atoms with E-state index in [4.69, 9.17) is 4.74 Å². The van der Waals surface area contributed by atoms with Crippen LogP contribution in [0.4, 0.5) is 14.5 Å². The lowest BCUT2D eigenvalue weighted by molar-refractivity contribution is -0.0512. The largest absolute Gasteiger partial charge is 0.493 e. The van der Waals surface area contributed by atoms with E-state index in [1.165, 1.54) is 31.4 Å². The highest BCUT2D eigenvalue weighted by Crippen LogP contribution is 2.29. The fraction of sp³-hybridized carbons (Fsp3) is 0.190. The van der Waals surface area contributed by atoms with Crippen LogP contribution in [0.3, 0.4) is 0 Å². The summed E-state index contributed by atoms with van der Waals surface area (Å²) in [6, 6.07) is 13.8. The third kappa shape index (κ3) is 6.17. The van der Waals surface area contributed by atoms with Gasteiger partial charge in [0.15, 0.2) is 11.5 Å². The van der Waals surface area contributed by atoms with Crippen LogP contribution in [-0.4, -0.2) is 34.6 Å². The lowest BCUT2D eigenvalue weighted by atomic mass is 10.1. The van der Waals surface area contributed by atoms with Crippen LogP contribution in [-0.2, 0) is 16.4 Å². The Hall–Kier alpha value is -3.18. The Bertz CT molecular complexity index is 1170. The van der Waals surface area contributed by atoms with E-state index in [2.05, 4.69) is 14.8 Å². The monoisotopic (exact) mass is 482 g/mol. The first-order valence-electron chi connectivity index (χ1n) is 9.35. The Kier molecular flexibility index (Phi) is 7.65. The molecule has 0 aliphatic rings. The summed E-state index contributed by atoms with van der Waals surface area (Å²) in [7, 11) is -2.37. The number of alkyl halides is 2. The molecule has 0 atom stereocenters. The molecular weight excluding hydrogens is 462 g/mol. The maximum Gasteiger partial charge on any atom is 0.387 e. The molecule has 11 heteroatoms. The van der Waals surface area contributed by atoms with Gasteiger partial charge in [-0.1, -0.05) is 18.2 Å². The van der Waals surface area contributed by atoms with Crippen molar-refractivity contribution in [3.05, 3.63) is 71.1 Å². The average Bonchev–Trinajstić information content (AvgIpc) is 3.29. The van der Waals surface area contributed by atoms with Crippen LogP contribution in [0.5, 0.6) is 11.5 Å². The number of benzene rings is 2. The van der Waals surface area contributed by atoms with Gasteiger partial charge in [-0.3, -0.25) is 9.52 Å². The molecule has 1 amide bonds. The van der Waals surface area contributed by atoms with Crippen molar-refractivity contribution in [3.8, 4) is 11.5 Å². The van der Waals surface area contributed by atoms with Gasteiger partial charge in [0.05, 0.1) is 7.11 Å². The summed E-state index contributed by atoms with van der Waals surface area (Å²) in [5.74, 6) is -0.309. The summed E-state index contributed by atoms with van der Waals surface area (Å²) in [5.41, 5.74) is 1.20. The molecule has 3 aromatic rings. The van der Waals surface area contributed by atoms with Crippen molar-refractivity contribution in [1.82, 2.24) is 5.32 Å². The molecule has 3 rings (SSSR count). The van der Waals surface area contributed by atoms with Gasteiger partial charge in [-0.15, -0.1) is 11.3 Å². The molecule has 0 unspecified atom stereocenters. The lowest BCUT2D eigenvalue weighted by Gasteiger charge is -2.12. The summed E-state index contributed by atoms with van der Waals surface area (Å²) in [6.45, 7) is -2.76. The van der Waals surface area contributed by atoms with Crippen LogP contribution < -0.4 is 19.5 Å². The molecule has 0 saturated carbocycles. The lowest BCUT2D eigenvalue weighted by Crippen LogP contribution is -2.25. The number of carbonyl (C=O) groups excluding carboxylic acids is 1. The third-order valence-corrected chi connectivity index (χ3v) is 7.06. The first kappa shape index (κ1) is 23.5. The summed E-state index contributed by atoms with van der Waals surface area (Å²) in [6.07, 6.45) is 0.361. The second-order valence-electron chi connectivity index (χ2n) is 6.49. The molecule has 0 bridgehead atoms. The van der Waals surface area contributed by atoms with Crippen molar-refractivity contribution in [2.45, 2.75) is 17.2 Å². The Morgan fingerprint density at radius 2 is 1.91 bits per heavy atom. The second-order valence-corrected chi connectivity index (χ2v) is 9.34. The Labute approximate surface area is 188 Å². The number of hydrogen-bond acceptors (Lipinski definition) is 6. The summed E-state index contributed by atoms with van der Waals surface area (Å²) in [5, 5.41) is 4.38. The van der Waals surface area contributed by atoms with Crippen molar-refractivity contribution in [3.63, 3.8) is 0 Å². The molecule has 0 aliphatic heterocycles. The number of sulfonamides is 1. The minimum absolute atomic E-state index is 0.0861. The predicted molar refractivity (Wildman–Crippen MR) is 117 cm³/mol. The summed E-state index contributed by atoms with van der Waals surface area (Å²) in [4.78, 5) is 12.5. The minimum Gasteiger partial charge on any atom is -0.493 e. The van der Waals surface area contributed by atoms with Gasteiger partial charge >= 0.3 is 6.61 Å². The van der Waals surface area contributed by atoms with Crippen LogP contribution in [0, 0.1) is 0 Å². The molecule has 0 spiro atoms. The first-order chi connectivity index (χ1) is 15.3. The number of nitrogens with one attached hydrogen (secondary N) is 2. The Morgan fingerprint density at radius 1 is 1.09 bits per heavy atom. The van der Waals surface area contributed by atoms with E-state index in [1.807, 2.05) is 0 Å². The number of anilines is 1. The molecule has 0 radical (unpaired) electrons. The first-order valence-corrected chi connectivity index (χ1v) is 11.7. The smallest absolute Gasteiger partial charge is 0.387 e.